The monoisotopic (exact) mass is 344 g/mol. The van der Waals surface area contributed by atoms with Gasteiger partial charge >= 0.3 is 5.69 Å². The molecule has 0 fully saturated rings. The van der Waals surface area contributed by atoms with Crippen molar-refractivity contribution >= 4 is 11.5 Å². The SMILES string of the molecule is N#Cc1cccc(Oc2ccc(C(=O)c3ccccc3)cc2[N+](=O)[O-])c1. The zero-order valence-corrected chi connectivity index (χ0v) is 13.5. The first-order chi connectivity index (χ1) is 12.6. The number of nitriles is 1. The van der Waals surface area contributed by atoms with Crippen LogP contribution in [-0.4, -0.2) is 10.7 Å². The van der Waals surface area contributed by atoms with E-state index in [4.69, 9.17) is 10.00 Å². The van der Waals surface area contributed by atoms with Gasteiger partial charge in [0.15, 0.2) is 5.78 Å². The van der Waals surface area contributed by atoms with Gasteiger partial charge in [0.1, 0.15) is 5.75 Å². The van der Waals surface area contributed by atoms with Crippen LogP contribution in [0.2, 0.25) is 0 Å². The number of ketones is 1. The molecule has 0 heterocycles. The second kappa shape index (κ2) is 7.28. The van der Waals surface area contributed by atoms with Gasteiger partial charge in [-0.05, 0) is 30.3 Å². The molecule has 3 aromatic carbocycles. The van der Waals surface area contributed by atoms with E-state index in [1.54, 1.807) is 48.5 Å². The predicted octanol–water partition coefficient (Wildman–Crippen LogP) is 4.49. The van der Waals surface area contributed by atoms with E-state index >= 15 is 0 Å². The number of benzene rings is 3. The molecule has 0 atom stereocenters. The average Bonchev–Trinajstić information content (AvgIpc) is 2.68. The van der Waals surface area contributed by atoms with Crippen molar-refractivity contribution in [2.45, 2.75) is 0 Å². The van der Waals surface area contributed by atoms with Crippen molar-refractivity contribution in [1.29, 1.82) is 5.26 Å². The third kappa shape index (κ3) is 3.57. The average molecular weight is 344 g/mol. The molecule has 3 aromatic rings. The van der Waals surface area contributed by atoms with Crippen LogP contribution in [-0.2, 0) is 0 Å². The number of nitro groups is 1. The van der Waals surface area contributed by atoms with Crippen LogP contribution in [0.4, 0.5) is 5.69 Å². The molecule has 0 spiro atoms. The van der Waals surface area contributed by atoms with Crippen molar-refractivity contribution in [3.8, 4) is 17.6 Å². The van der Waals surface area contributed by atoms with E-state index in [1.807, 2.05) is 6.07 Å². The number of rotatable bonds is 5. The van der Waals surface area contributed by atoms with Crippen LogP contribution < -0.4 is 4.74 Å². The van der Waals surface area contributed by atoms with E-state index < -0.39 is 4.92 Å². The fraction of sp³-hybridized carbons (Fsp3) is 0. The minimum atomic E-state index is -0.606. The number of carbonyl (C=O) groups is 1. The summed E-state index contributed by atoms with van der Waals surface area (Å²) in [6, 6.07) is 20.8. The molecule has 0 N–H and O–H groups in total. The predicted molar refractivity (Wildman–Crippen MR) is 94.2 cm³/mol. The third-order valence-electron chi connectivity index (χ3n) is 3.64. The number of nitro benzene ring substituents is 1. The molecule has 6 nitrogen and oxygen atoms in total. The topological polar surface area (TPSA) is 93.2 Å². The lowest BCUT2D eigenvalue weighted by Crippen LogP contribution is -2.03. The Morgan fingerprint density at radius 1 is 0.962 bits per heavy atom. The van der Waals surface area contributed by atoms with Gasteiger partial charge in [-0.15, -0.1) is 0 Å². The Labute approximate surface area is 149 Å². The van der Waals surface area contributed by atoms with Gasteiger partial charge in [-0.2, -0.15) is 5.26 Å². The number of hydrogen-bond donors (Lipinski definition) is 0. The van der Waals surface area contributed by atoms with Crippen molar-refractivity contribution in [3.05, 3.63) is 99.6 Å². The second-order valence-electron chi connectivity index (χ2n) is 5.38. The maximum absolute atomic E-state index is 12.5. The Bertz CT molecular complexity index is 1020. The van der Waals surface area contributed by atoms with Crippen LogP contribution >= 0.6 is 0 Å². The Balaban J connectivity index is 1.96. The summed E-state index contributed by atoms with van der Waals surface area (Å²) < 4.78 is 5.55. The van der Waals surface area contributed by atoms with E-state index in [0.717, 1.165) is 0 Å². The van der Waals surface area contributed by atoms with Gasteiger partial charge in [-0.1, -0.05) is 36.4 Å². The zero-order chi connectivity index (χ0) is 18.5. The lowest BCUT2D eigenvalue weighted by molar-refractivity contribution is -0.385. The molecule has 0 aliphatic heterocycles. The fourth-order valence-electron chi connectivity index (χ4n) is 2.40. The minimum Gasteiger partial charge on any atom is -0.450 e. The molecule has 0 amide bonds. The Morgan fingerprint density at radius 2 is 1.73 bits per heavy atom. The molecular formula is C20H12N2O4. The summed E-state index contributed by atoms with van der Waals surface area (Å²) in [5.74, 6) is -0.0179. The molecule has 0 aromatic heterocycles. The normalized spacial score (nSPS) is 9.96. The van der Waals surface area contributed by atoms with Crippen molar-refractivity contribution < 1.29 is 14.5 Å². The highest BCUT2D eigenvalue weighted by Gasteiger charge is 2.20. The van der Waals surface area contributed by atoms with E-state index in [0.29, 0.717) is 16.9 Å². The van der Waals surface area contributed by atoms with E-state index in [-0.39, 0.29) is 22.8 Å². The molecule has 26 heavy (non-hydrogen) atoms. The molecule has 126 valence electrons. The first-order valence-corrected chi connectivity index (χ1v) is 7.64. The van der Waals surface area contributed by atoms with Crippen LogP contribution in [0.1, 0.15) is 21.5 Å². The summed E-state index contributed by atoms with van der Waals surface area (Å²) in [5, 5.41) is 20.3. The van der Waals surface area contributed by atoms with Gasteiger partial charge < -0.3 is 4.74 Å². The van der Waals surface area contributed by atoms with Crippen molar-refractivity contribution in [2.24, 2.45) is 0 Å². The number of hydrogen-bond acceptors (Lipinski definition) is 5. The van der Waals surface area contributed by atoms with E-state index in [9.17, 15) is 14.9 Å². The highest BCUT2D eigenvalue weighted by Crippen LogP contribution is 2.33. The quantitative estimate of drug-likeness (QED) is 0.386. The lowest BCUT2D eigenvalue weighted by Gasteiger charge is -2.08. The molecule has 0 saturated carbocycles. The molecule has 6 heteroatoms. The fourth-order valence-corrected chi connectivity index (χ4v) is 2.40. The van der Waals surface area contributed by atoms with Crippen molar-refractivity contribution in [2.75, 3.05) is 0 Å². The summed E-state index contributed by atoms with van der Waals surface area (Å²) in [6.45, 7) is 0. The number of nitrogens with zero attached hydrogens (tertiary/aromatic N) is 2. The largest absolute Gasteiger partial charge is 0.450 e. The Hall–Kier alpha value is -3.98. The van der Waals surface area contributed by atoms with Crippen LogP contribution in [0.3, 0.4) is 0 Å². The first-order valence-electron chi connectivity index (χ1n) is 7.64. The molecule has 0 saturated heterocycles. The molecule has 0 aliphatic carbocycles. The van der Waals surface area contributed by atoms with Gasteiger partial charge in [-0.25, -0.2) is 0 Å². The number of carbonyl (C=O) groups excluding carboxylic acids is 1. The van der Waals surface area contributed by atoms with Crippen LogP contribution in [0.25, 0.3) is 0 Å². The van der Waals surface area contributed by atoms with Crippen molar-refractivity contribution in [1.82, 2.24) is 0 Å². The molecule has 3 rings (SSSR count). The van der Waals surface area contributed by atoms with Gasteiger partial charge in [0, 0.05) is 17.2 Å². The maximum Gasteiger partial charge on any atom is 0.312 e. The summed E-state index contributed by atoms with van der Waals surface area (Å²) in [6.07, 6.45) is 0. The smallest absolute Gasteiger partial charge is 0.312 e. The maximum atomic E-state index is 12.5. The summed E-state index contributed by atoms with van der Waals surface area (Å²) >= 11 is 0. The van der Waals surface area contributed by atoms with Gasteiger partial charge in [0.05, 0.1) is 16.6 Å². The molecule has 0 radical (unpaired) electrons. The second-order valence-corrected chi connectivity index (χ2v) is 5.38. The van der Waals surface area contributed by atoms with Gasteiger partial charge in [-0.3, -0.25) is 14.9 Å². The minimum absolute atomic E-state index is 0.00491. The van der Waals surface area contributed by atoms with Crippen molar-refractivity contribution in [3.63, 3.8) is 0 Å². The Morgan fingerprint density at radius 3 is 2.42 bits per heavy atom. The molecule has 0 aliphatic rings. The van der Waals surface area contributed by atoms with E-state index in [2.05, 4.69) is 0 Å². The van der Waals surface area contributed by atoms with Crippen LogP contribution in [0.5, 0.6) is 11.5 Å². The van der Waals surface area contributed by atoms with Crippen LogP contribution in [0.15, 0.2) is 72.8 Å². The van der Waals surface area contributed by atoms with Gasteiger partial charge in [0.2, 0.25) is 5.75 Å². The number of ether oxygens (including phenoxy) is 1. The lowest BCUT2D eigenvalue weighted by atomic mass is 10.0. The molecular weight excluding hydrogens is 332 g/mol. The van der Waals surface area contributed by atoms with E-state index in [1.165, 1.54) is 24.3 Å². The third-order valence-corrected chi connectivity index (χ3v) is 3.64. The Kier molecular flexibility index (Phi) is 4.72. The standard InChI is InChI=1S/C20H12N2O4/c21-13-14-5-4-8-17(11-14)26-19-10-9-16(12-18(19)22(24)25)20(23)15-6-2-1-3-7-15/h1-12H. The summed E-state index contributed by atoms with van der Waals surface area (Å²) in [4.78, 5) is 23.3. The summed E-state index contributed by atoms with van der Waals surface area (Å²) in [5.41, 5.74) is 0.688. The zero-order valence-electron chi connectivity index (χ0n) is 13.5. The summed E-state index contributed by atoms with van der Waals surface area (Å²) in [7, 11) is 0. The highest BCUT2D eigenvalue weighted by molar-refractivity contribution is 6.09. The molecule has 0 unspecified atom stereocenters. The highest BCUT2D eigenvalue weighted by atomic mass is 16.6. The molecule has 0 bridgehead atoms. The first kappa shape index (κ1) is 16.9. The van der Waals surface area contributed by atoms with Crippen LogP contribution in [0, 0.1) is 21.4 Å². The van der Waals surface area contributed by atoms with Gasteiger partial charge in [0.25, 0.3) is 0 Å².